The molecule has 0 spiro atoms. The maximum atomic E-state index is 12.8. The normalized spacial score (nSPS) is 10.5. The van der Waals surface area contributed by atoms with Crippen molar-refractivity contribution in [3.8, 4) is 5.75 Å². The zero-order valence-corrected chi connectivity index (χ0v) is 20.4. The number of unbranched alkanes of at least 4 members (excludes halogenated alkanes) is 3. The van der Waals surface area contributed by atoms with Gasteiger partial charge in [0.15, 0.2) is 6.61 Å². The van der Waals surface area contributed by atoms with Gasteiger partial charge in [0, 0.05) is 15.8 Å². The predicted octanol–water partition coefficient (Wildman–Crippen LogP) is 6.84. The van der Waals surface area contributed by atoms with Crippen molar-refractivity contribution >= 4 is 39.1 Å². The Morgan fingerprint density at radius 2 is 1.48 bits per heavy atom. The van der Waals surface area contributed by atoms with E-state index >= 15 is 0 Å². The molecule has 0 atom stereocenters. The van der Waals surface area contributed by atoms with E-state index in [2.05, 4.69) is 45.6 Å². The summed E-state index contributed by atoms with van der Waals surface area (Å²) in [5, 5.41) is 5.68. The molecule has 6 heteroatoms. The predicted molar refractivity (Wildman–Crippen MR) is 137 cm³/mol. The molecule has 0 aliphatic rings. The summed E-state index contributed by atoms with van der Waals surface area (Å²) >= 11 is 3.36. The number of rotatable bonds is 11. The number of hydrogen-bond donors (Lipinski definition) is 2. The van der Waals surface area contributed by atoms with E-state index in [1.807, 2.05) is 24.3 Å². The van der Waals surface area contributed by atoms with Gasteiger partial charge in [0.1, 0.15) is 5.75 Å². The highest BCUT2D eigenvalue weighted by atomic mass is 79.9. The minimum absolute atomic E-state index is 0.201. The average Bonchev–Trinajstić information content (AvgIpc) is 2.83. The first kappa shape index (κ1) is 24.5. The molecule has 3 aromatic carbocycles. The number of ether oxygens (including phenoxy) is 1. The molecule has 0 radical (unpaired) electrons. The average molecular weight is 509 g/mol. The number of halogens is 1. The molecule has 0 saturated heterocycles. The van der Waals surface area contributed by atoms with E-state index in [0.717, 1.165) is 16.6 Å². The van der Waals surface area contributed by atoms with Gasteiger partial charge >= 0.3 is 0 Å². The molecule has 3 rings (SSSR count). The van der Waals surface area contributed by atoms with Crippen LogP contribution in [0.2, 0.25) is 0 Å². The molecule has 2 amide bonds. The molecule has 0 aromatic heterocycles. The van der Waals surface area contributed by atoms with Crippen molar-refractivity contribution in [1.82, 2.24) is 0 Å². The Morgan fingerprint density at radius 3 is 2.21 bits per heavy atom. The first-order valence-corrected chi connectivity index (χ1v) is 12.0. The largest absolute Gasteiger partial charge is 0.483 e. The molecule has 5 nitrogen and oxygen atoms in total. The molecule has 0 fully saturated rings. The second-order valence-corrected chi connectivity index (χ2v) is 8.72. The summed E-state index contributed by atoms with van der Waals surface area (Å²) in [6, 6.07) is 22.1. The lowest BCUT2D eigenvalue weighted by Gasteiger charge is -2.12. The molecule has 172 valence electrons. The Kier molecular flexibility index (Phi) is 9.51. The topological polar surface area (TPSA) is 67.4 Å². The van der Waals surface area contributed by atoms with Crippen LogP contribution in [0.25, 0.3) is 0 Å². The molecule has 0 heterocycles. The lowest BCUT2D eigenvalue weighted by atomic mass is 10.1. The number of amides is 2. The Balaban J connectivity index is 1.55. The van der Waals surface area contributed by atoms with Gasteiger partial charge in [-0.2, -0.15) is 0 Å². The van der Waals surface area contributed by atoms with Gasteiger partial charge in [-0.3, -0.25) is 9.59 Å². The summed E-state index contributed by atoms with van der Waals surface area (Å²) in [5.74, 6) is -0.231. The number of nitrogens with one attached hydrogen (secondary N) is 2. The van der Waals surface area contributed by atoms with Crippen LogP contribution in [-0.2, 0) is 11.2 Å². The van der Waals surface area contributed by atoms with E-state index in [1.54, 1.807) is 36.4 Å². The maximum absolute atomic E-state index is 12.8. The van der Waals surface area contributed by atoms with E-state index in [0.29, 0.717) is 17.0 Å². The molecule has 0 bridgehead atoms. The highest BCUT2D eigenvalue weighted by Gasteiger charge is 2.14. The van der Waals surface area contributed by atoms with Crippen LogP contribution >= 0.6 is 15.9 Å². The maximum Gasteiger partial charge on any atom is 0.262 e. The molecule has 0 aliphatic carbocycles. The van der Waals surface area contributed by atoms with Gasteiger partial charge in [-0.05, 0) is 66.9 Å². The van der Waals surface area contributed by atoms with Crippen molar-refractivity contribution in [3.05, 3.63) is 88.4 Å². The smallest absolute Gasteiger partial charge is 0.262 e. The molecular weight excluding hydrogens is 480 g/mol. The first-order chi connectivity index (χ1) is 16.0. The number of para-hydroxylation sites is 1. The summed E-state index contributed by atoms with van der Waals surface area (Å²) in [6.07, 6.45) is 5.97. The van der Waals surface area contributed by atoms with Crippen molar-refractivity contribution in [2.24, 2.45) is 0 Å². The van der Waals surface area contributed by atoms with E-state index in [-0.39, 0.29) is 18.4 Å². The molecule has 2 N–H and O–H groups in total. The third-order valence-corrected chi connectivity index (χ3v) is 5.68. The minimum atomic E-state index is -0.304. The quantitative estimate of drug-likeness (QED) is 0.278. The zero-order valence-electron chi connectivity index (χ0n) is 18.8. The van der Waals surface area contributed by atoms with Gasteiger partial charge in [-0.25, -0.2) is 0 Å². The van der Waals surface area contributed by atoms with Crippen molar-refractivity contribution < 1.29 is 14.3 Å². The van der Waals surface area contributed by atoms with Crippen molar-refractivity contribution in [1.29, 1.82) is 0 Å². The molecule has 0 aliphatic heterocycles. The Hall–Kier alpha value is -3.12. The van der Waals surface area contributed by atoms with E-state index < -0.39 is 0 Å². The number of hydrogen-bond acceptors (Lipinski definition) is 3. The molecule has 0 saturated carbocycles. The van der Waals surface area contributed by atoms with E-state index in [9.17, 15) is 9.59 Å². The standard InChI is InChI=1S/C27H29BrN2O3/c1-2-3-4-5-8-20-11-15-23(16-12-20)30-27(32)24-9-6-7-10-25(24)33-19-26(31)29-22-17-13-21(28)14-18-22/h6-7,9-18H,2-5,8,19H2,1H3,(H,29,31)(H,30,32). The third kappa shape index (κ3) is 8.06. The Labute approximate surface area is 203 Å². The van der Waals surface area contributed by atoms with Gasteiger partial charge in [0.25, 0.3) is 11.8 Å². The Bertz CT molecular complexity index is 1050. The Morgan fingerprint density at radius 1 is 0.818 bits per heavy atom. The fourth-order valence-corrected chi connectivity index (χ4v) is 3.63. The van der Waals surface area contributed by atoms with E-state index in [4.69, 9.17) is 4.74 Å². The zero-order chi connectivity index (χ0) is 23.5. The second kappa shape index (κ2) is 12.8. The summed E-state index contributed by atoms with van der Waals surface area (Å²) in [4.78, 5) is 25.1. The third-order valence-electron chi connectivity index (χ3n) is 5.15. The van der Waals surface area contributed by atoms with Gasteiger partial charge in [-0.15, -0.1) is 0 Å². The van der Waals surface area contributed by atoms with Gasteiger partial charge < -0.3 is 15.4 Å². The fraction of sp³-hybridized carbons (Fsp3) is 0.259. The van der Waals surface area contributed by atoms with Gasteiger partial charge in [0.05, 0.1) is 5.56 Å². The van der Waals surface area contributed by atoms with Crippen LogP contribution < -0.4 is 15.4 Å². The van der Waals surface area contributed by atoms with Crippen LogP contribution in [0.1, 0.15) is 48.5 Å². The molecular formula is C27H29BrN2O3. The van der Waals surface area contributed by atoms with Crippen LogP contribution in [0.4, 0.5) is 11.4 Å². The second-order valence-electron chi connectivity index (χ2n) is 7.80. The lowest BCUT2D eigenvalue weighted by molar-refractivity contribution is -0.118. The first-order valence-electron chi connectivity index (χ1n) is 11.2. The molecule has 0 unspecified atom stereocenters. The van der Waals surface area contributed by atoms with Crippen LogP contribution in [-0.4, -0.2) is 18.4 Å². The number of carbonyl (C=O) groups is 2. The van der Waals surface area contributed by atoms with Crippen molar-refractivity contribution in [3.63, 3.8) is 0 Å². The molecule has 3 aromatic rings. The number of anilines is 2. The monoisotopic (exact) mass is 508 g/mol. The lowest BCUT2D eigenvalue weighted by Crippen LogP contribution is -2.21. The summed E-state index contributed by atoms with van der Waals surface area (Å²) in [5.41, 5.74) is 3.04. The van der Waals surface area contributed by atoms with Gasteiger partial charge in [-0.1, -0.05) is 66.4 Å². The van der Waals surface area contributed by atoms with Crippen molar-refractivity contribution in [2.45, 2.75) is 39.0 Å². The van der Waals surface area contributed by atoms with Crippen LogP contribution in [0.15, 0.2) is 77.3 Å². The minimum Gasteiger partial charge on any atom is -0.483 e. The van der Waals surface area contributed by atoms with Crippen molar-refractivity contribution in [2.75, 3.05) is 17.2 Å². The summed E-state index contributed by atoms with van der Waals surface area (Å²) < 4.78 is 6.58. The highest BCUT2D eigenvalue weighted by Crippen LogP contribution is 2.21. The number of benzene rings is 3. The number of aryl methyl sites for hydroxylation is 1. The molecule has 33 heavy (non-hydrogen) atoms. The summed E-state index contributed by atoms with van der Waals surface area (Å²) in [6.45, 7) is 2.01. The van der Waals surface area contributed by atoms with Crippen LogP contribution in [0, 0.1) is 0 Å². The van der Waals surface area contributed by atoms with Crippen LogP contribution in [0.5, 0.6) is 5.75 Å². The summed E-state index contributed by atoms with van der Waals surface area (Å²) in [7, 11) is 0. The van der Waals surface area contributed by atoms with E-state index in [1.165, 1.54) is 31.2 Å². The number of carbonyl (C=O) groups excluding carboxylic acids is 2. The van der Waals surface area contributed by atoms with Gasteiger partial charge in [0.2, 0.25) is 0 Å². The fourth-order valence-electron chi connectivity index (χ4n) is 3.36. The van der Waals surface area contributed by atoms with Crippen LogP contribution in [0.3, 0.4) is 0 Å². The SMILES string of the molecule is CCCCCCc1ccc(NC(=O)c2ccccc2OCC(=O)Nc2ccc(Br)cc2)cc1. The highest BCUT2D eigenvalue weighted by molar-refractivity contribution is 9.10.